The Bertz CT molecular complexity index is 994. The fourth-order valence-electron chi connectivity index (χ4n) is 2.73. The zero-order valence-corrected chi connectivity index (χ0v) is 16.7. The standard InChI is InChI=1S/C18H23N5O2S2/c1-19-18(21-10-11-23-27(24,25)17-7-4-12-26-17)20-9-8-14-13-22-16-6-3-2-5-15(14)16/h2-7,12-13,22-23H,8-11H2,1H3,(H2,19,20,21). The second-order valence-corrected chi connectivity index (χ2v) is 8.81. The Hall–Kier alpha value is -2.36. The minimum atomic E-state index is -3.42. The van der Waals surface area contributed by atoms with E-state index in [1.807, 2.05) is 18.3 Å². The summed E-state index contributed by atoms with van der Waals surface area (Å²) in [5, 5.41) is 9.33. The maximum Gasteiger partial charge on any atom is 0.250 e. The number of aromatic amines is 1. The van der Waals surface area contributed by atoms with Gasteiger partial charge in [-0.25, -0.2) is 13.1 Å². The monoisotopic (exact) mass is 405 g/mol. The predicted molar refractivity (Wildman–Crippen MR) is 111 cm³/mol. The van der Waals surface area contributed by atoms with Gasteiger partial charge in [-0.05, 0) is 29.5 Å². The number of benzene rings is 1. The zero-order valence-electron chi connectivity index (χ0n) is 15.0. The Morgan fingerprint density at radius 1 is 1.11 bits per heavy atom. The average molecular weight is 406 g/mol. The zero-order chi connectivity index (χ0) is 19.1. The van der Waals surface area contributed by atoms with Crippen molar-refractivity contribution in [2.24, 2.45) is 4.99 Å². The lowest BCUT2D eigenvalue weighted by atomic mass is 10.1. The highest BCUT2D eigenvalue weighted by Gasteiger charge is 2.13. The van der Waals surface area contributed by atoms with Crippen molar-refractivity contribution in [1.82, 2.24) is 20.3 Å². The molecule has 2 heterocycles. The Morgan fingerprint density at radius 3 is 2.70 bits per heavy atom. The summed E-state index contributed by atoms with van der Waals surface area (Å²) in [6, 6.07) is 11.5. The summed E-state index contributed by atoms with van der Waals surface area (Å²) in [4.78, 5) is 7.43. The van der Waals surface area contributed by atoms with Gasteiger partial charge in [0.2, 0.25) is 10.0 Å². The van der Waals surface area contributed by atoms with E-state index in [0.29, 0.717) is 16.7 Å². The number of hydrogen-bond donors (Lipinski definition) is 4. The summed E-state index contributed by atoms with van der Waals surface area (Å²) in [6.45, 7) is 1.45. The molecule has 27 heavy (non-hydrogen) atoms. The topological polar surface area (TPSA) is 98.4 Å². The first-order valence-corrected chi connectivity index (χ1v) is 11.0. The highest BCUT2D eigenvalue weighted by atomic mass is 32.2. The van der Waals surface area contributed by atoms with Gasteiger partial charge in [0, 0.05) is 43.8 Å². The molecule has 0 spiro atoms. The van der Waals surface area contributed by atoms with Crippen molar-refractivity contribution in [3.63, 3.8) is 0 Å². The van der Waals surface area contributed by atoms with Crippen LogP contribution in [0.5, 0.6) is 0 Å². The van der Waals surface area contributed by atoms with Gasteiger partial charge in [0.25, 0.3) is 0 Å². The molecule has 0 aliphatic carbocycles. The average Bonchev–Trinajstić information content (AvgIpc) is 3.34. The molecule has 0 atom stereocenters. The minimum absolute atomic E-state index is 0.281. The third-order valence-corrected chi connectivity index (χ3v) is 6.91. The molecular weight excluding hydrogens is 382 g/mol. The molecule has 0 amide bonds. The van der Waals surface area contributed by atoms with Gasteiger partial charge in [0.1, 0.15) is 4.21 Å². The van der Waals surface area contributed by atoms with E-state index >= 15 is 0 Å². The largest absolute Gasteiger partial charge is 0.361 e. The van der Waals surface area contributed by atoms with Crippen molar-refractivity contribution in [3.8, 4) is 0 Å². The molecule has 0 aliphatic heterocycles. The van der Waals surface area contributed by atoms with Crippen LogP contribution in [-0.4, -0.2) is 46.0 Å². The molecule has 0 saturated carbocycles. The second kappa shape index (κ2) is 9.03. The molecule has 2 aromatic heterocycles. The molecule has 144 valence electrons. The van der Waals surface area contributed by atoms with Crippen molar-refractivity contribution in [3.05, 3.63) is 53.5 Å². The molecule has 9 heteroatoms. The van der Waals surface area contributed by atoms with Crippen LogP contribution in [-0.2, 0) is 16.4 Å². The van der Waals surface area contributed by atoms with Crippen molar-refractivity contribution in [1.29, 1.82) is 0 Å². The fraction of sp³-hybridized carbons (Fsp3) is 0.278. The van der Waals surface area contributed by atoms with Gasteiger partial charge in [-0.15, -0.1) is 11.3 Å². The van der Waals surface area contributed by atoms with Crippen LogP contribution < -0.4 is 15.4 Å². The number of thiophene rings is 1. The van der Waals surface area contributed by atoms with Gasteiger partial charge in [0.05, 0.1) is 0 Å². The number of sulfonamides is 1. The summed E-state index contributed by atoms with van der Waals surface area (Å²) < 4.78 is 27.0. The van der Waals surface area contributed by atoms with Gasteiger partial charge >= 0.3 is 0 Å². The maximum atomic E-state index is 12.0. The van der Waals surface area contributed by atoms with Crippen LogP contribution in [0, 0.1) is 0 Å². The Kier molecular flexibility index (Phi) is 6.49. The molecule has 7 nitrogen and oxygen atoms in total. The van der Waals surface area contributed by atoms with E-state index in [-0.39, 0.29) is 6.54 Å². The van der Waals surface area contributed by atoms with Crippen LogP contribution in [0.2, 0.25) is 0 Å². The molecule has 0 saturated heterocycles. The normalized spacial score (nSPS) is 12.4. The summed E-state index contributed by atoms with van der Waals surface area (Å²) in [6.07, 6.45) is 2.89. The van der Waals surface area contributed by atoms with Crippen molar-refractivity contribution in [2.75, 3.05) is 26.7 Å². The third-order valence-electron chi connectivity index (χ3n) is 4.05. The van der Waals surface area contributed by atoms with E-state index in [9.17, 15) is 8.42 Å². The molecular formula is C18H23N5O2S2. The van der Waals surface area contributed by atoms with E-state index in [0.717, 1.165) is 18.5 Å². The quantitative estimate of drug-likeness (QED) is 0.261. The molecule has 3 aromatic rings. The molecule has 3 rings (SSSR count). The smallest absolute Gasteiger partial charge is 0.250 e. The lowest BCUT2D eigenvalue weighted by molar-refractivity contribution is 0.582. The van der Waals surface area contributed by atoms with Crippen LogP contribution in [0.25, 0.3) is 10.9 Å². The number of aromatic nitrogens is 1. The maximum absolute atomic E-state index is 12.0. The number of H-pyrrole nitrogens is 1. The van der Waals surface area contributed by atoms with Crippen molar-refractivity contribution in [2.45, 2.75) is 10.6 Å². The van der Waals surface area contributed by atoms with Crippen molar-refractivity contribution < 1.29 is 8.42 Å². The summed E-state index contributed by atoms with van der Waals surface area (Å²) in [5.74, 6) is 0.644. The van der Waals surface area contributed by atoms with Gasteiger partial charge in [-0.1, -0.05) is 24.3 Å². The van der Waals surface area contributed by atoms with Crippen LogP contribution in [0.4, 0.5) is 0 Å². The van der Waals surface area contributed by atoms with Crippen molar-refractivity contribution >= 4 is 38.2 Å². The van der Waals surface area contributed by atoms with Gasteiger partial charge < -0.3 is 15.6 Å². The lowest BCUT2D eigenvalue weighted by Gasteiger charge is -2.12. The molecule has 0 radical (unpaired) electrons. The van der Waals surface area contributed by atoms with Crippen LogP contribution in [0.15, 0.2) is 57.2 Å². The van der Waals surface area contributed by atoms with Gasteiger partial charge in [-0.2, -0.15) is 0 Å². The Balaban J connectivity index is 1.41. The molecule has 1 aromatic carbocycles. The predicted octanol–water partition coefficient (Wildman–Crippen LogP) is 1.92. The third kappa shape index (κ3) is 5.09. The van der Waals surface area contributed by atoms with E-state index in [1.165, 1.54) is 22.3 Å². The molecule has 0 aliphatic rings. The molecule has 4 N–H and O–H groups in total. The number of nitrogens with zero attached hydrogens (tertiary/aromatic N) is 1. The van der Waals surface area contributed by atoms with Gasteiger partial charge in [0.15, 0.2) is 5.96 Å². The van der Waals surface area contributed by atoms with E-state index in [2.05, 4.69) is 37.5 Å². The van der Waals surface area contributed by atoms with Crippen LogP contribution in [0.3, 0.4) is 0 Å². The first kappa shape index (κ1) is 19.4. The first-order chi connectivity index (χ1) is 13.1. The highest BCUT2D eigenvalue weighted by Crippen LogP contribution is 2.17. The first-order valence-electron chi connectivity index (χ1n) is 8.63. The van der Waals surface area contributed by atoms with E-state index in [4.69, 9.17) is 0 Å². The number of fused-ring (bicyclic) bond motifs is 1. The van der Waals surface area contributed by atoms with Crippen LogP contribution in [0.1, 0.15) is 5.56 Å². The summed E-state index contributed by atoms with van der Waals surface area (Å²) in [7, 11) is -1.73. The van der Waals surface area contributed by atoms with E-state index in [1.54, 1.807) is 24.6 Å². The van der Waals surface area contributed by atoms with Gasteiger partial charge in [-0.3, -0.25) is 4.99 Å². The van der Waals surface area contributed by atoms with E-state index < -0.39 is 10.0 Å². The Labute approximate surface area is 163 Å². The number of nitrogens with one attached hydrogen (secondary N) is 4. The number of guanidine groups is 1. The fourth-order valence-corrected chi connectivity index (χ4v) is 4.80. The summed E-state index contributed by atoms with van der Waals surface area (Å²) in [5.41, 5.74) is 2.38. The number of hydrogen-bond acceptors (Lipinski definition) is 4. The molecule has 0 fully saturated rings. The number of rotatable bonds is 8. The second-order valence-electron chi connectivity index (χ2n) is 5.87. The number of aliphatic imine (C=N–C) groups is 1. The SMILES string of the molecule is CN=C(NCCNS(=O)(=O)c1cccs1)NCCc1c[nH]c2ccccc12. The van der Waals surface area contributed by atoms with Crippen LogP contribution >= 0.6 is 11.3 Å². The highest BCUT2D eigenvalue weighted by molar-refractivity contribution is 7.91. The molecule has 0 unspecified atom stereocenters. The molecule has 0 bridgehead atoms. The number of para-hydroxylation sites is 1. The summed E-state index contributed by atoms with van der Waals surface area (Å²) >= 11 is 1.20. The lowest BCUT2D eigenvalue weighted by Crippen LogP contribution is -2.42. The minimum Gasteiger partial charge on any atom is -0.361 e. The Morgan fingerprint density at radius 2 is 1.93 bits per heavy atom.